The quantitative estimate of drug-likeness (QED) is 0.878. The smallest absolute Gasteiger partial charge is 0.156 e. The number of benzene rings is 1. The number of nitrogens with zero attached hydrogens (tertiary/aromatic N) is 2. The first-order chi connectivity index (χ1) is 9.56. The number of aromatic nitrogens is 1. The normalized spacial score (nSPS) is 11.1. The van der Waals surface area contributed by atoms with Gasteiger partial charge >= 0.3 is 0 Å². The number of anilines is 1. The van der Waals surface area contributed by atoms with Crippen LogP contribution >= 0.6 is 0 Å². The average Bonchev–Trinajstić information content (AvgIpc) is 2.84. The summed E-state index contributed by atoms with van der Waals surface area (Å²) in [5.74, 6) is 0.885. The molecule has 0 spiro atoms. The summed E-state index contributed by atoms with van der Waals surface area (Å²) in [7, 11) is 2.07. The van der Waals surface area contributed by atoms with Gasteiger partial charge in [-0.1, -0.05) is 37.2 Å². The summed E-state index contributed by atoms with van der Waals surface area (Å²) < 4.78 is 5.40. The Morgan fingerprint density at radius 2 is 2.05 bits per heavy atom. The zero-order chi connectivity index (χ0) is 14.5. The molecule has 1 heterocycles. The third kappa shape index (κ3) is 3.84. The van der Waals surface area contributed by atoms with Gasteiger partial charge in [0.05, 0.1) is 12.2 Å². The first kappa shape index (κ1) is 14.6. The molecule has 1 aromatic carbocycles. The van der Waals surface area contributed by atoms with Crippen LogP contribution < -0.4 is 10.2 Å². The van der Waals surface area contributed by atoms with E-state index in [9.17, 15) is 0 Å². The van der Waals surface area contributed by atoms with Crippen molar-refractivity contribution in [3.63, 3.8) is 0 Å². The summed E-state index contributed by atoms with van der Waals surface area (Å²) in [5, 5.41) is 7.43. The lowest BCUT2D eigenvalue weighted by atomic mass is 10.2. The van der Waals surface area contributed by atoms with Crippen LogP contribution in [0.15, 0.2) is 34.9 Å². The van der Waals surface area contributed by atoms with Crippen LogP contribution in [0.4, 0.5) is 5.69 Å². The number of nitrogens with one attached hydrogen (secondary N) is 1. The maximum atomic E-state index is 5.40. The van der Waals surface area contributed by atoms with Crippen molar-refractivity contribution in [3.05, 3.63) is 47.3 Å². The lowest BCUT2D eigenvalue weighted by molar-refractivity contribution is 0.374. The maximum absolute atomic E-state index is 5.40. The lowest BCUT2D eigenvalue weighted by Gasteiger charge is -2.19. The zero-order valence-electron chi connectivity index (χ0n) is 12.7. The summed E-state index contributed by atoms with van der Waals surface area (Å²) in [6.07, 6.45) is 0. The molecular weight excluding hydrogens is 250 g/mol. The van der Waals surface area contributed by atoms with Gasteiger partial charge in [-0.2, -0.15) is 0 Å². The van der Waals surface area contributed by atoms with Crippen LogP contribution in [-0.2, 0) is 13.1 Å². The van der Waals surface area contributed by atoms with Crippen LogP contribution in [-0.4, -0.2) is 18.2 Å². The summed E-state index contributed by atoms with van der Waals surface area (Å²) in [6, 6.07) is 10.8. The fourth-order valence-corrected chi connectivity index (χ4v) is 2.13. The number of aryl methyl sites for hydroxylation is 1. The van der Waals surface area contributed by atoms with Crippen molar-refractivity contribution in [1.29, 1.82) is 0 Å². The van der Waals surface area contributed by atoms with Gasteiger partial charge in [-0.25, -0.2) is 0 Å². The molecule has 108 valence electrons. The molecule has 4 nitrogen and oxygen atoms in total. The number of hydrogen-bond acceptors (Lipinski definition) is 4. The van der Waals surface area contributed by atoms with Crippen LogP contribution in [0, 0.1) is 6.92 Å². The van der Waals surface area contributed by atoms with E-state index >= 15 is 0 Å². The fraction of sp³-hybridized carbons (Fsp3) is 0.438. The van der Waals surface area contributed by atoms with E-state index in [2.05, 4.69) is 67.5 Å². The molecule has 0 bridgehead atoms. The molecule has 4 heteroatoms. The van der Waals surface area contributed by atoms with Gasteiger partial charge in [0.1, 0.15) is 0 Å². The molecule has 1 aromatic heterocycles. The van der Waals surface area contributed by atoms with Gasteiger partial charge in [0, 0.05) is 31.4 Å². The SMILES string of the molecule is Cc1ccccc1N(C)Cc1cc(CNC(C)C)no1. The third-order valence-corrected chi connectivity index (χ3v) is 3.22. The van der Waals surface area contributed by atoms with E-state index in [1.54, 1.807) is 0 Å². The molecule has 0 fully saturated rings. The molecule has 0 unspecified atom stereocenters. The van der Waals surface area contributed by atoms with E-state index in [-0.39, 0.29) is 0 Å². The molecule has 0 atom stereocenters. The Morgan fingerprint density at radius 1 is 1.30 bits per heavy atom. The van der Waals surface area contributed by atoms with Gasteiger partial charge in [0.2, 0.25) is 0 Å². The molecule has 2 rings (SSSR count). The zero-order valence-corrected chi connectivity index (χ0v) is 12.7. The predicted octanol–water partition coefficient (Wildman–Crippen LogP) is 3.12. The van der Waals surface area contributed by atoms with Gasteiger partial charge in [0.25, 0.3) is 0 Å². The second-order valence-electron chi connectivity index (χ2n) is 5.46. The van der Waals surface area contributed by atoms with E-state index in [1.165, 1.54) is 11.3 Å². The van der Waals surface area contributed by atoms with Crippen molar-refractivity contribution in [2.24, 2.45) is 0 Å². The second-order valence-corrected chi connectivity index (χ2v) is 5.46. The van der Waals surface area contributed by atoms with E-state index < -0.39 is 0 Å². The Bertz CT molecular complexity index is 548. The van der Waals surface area contributed by atoms with E-state index in [0.717, 1.165) is 24.5 Å². The van der Waals surface area contributed by atoms with Crippen LogP contribution in [0.25, 0.3) is 0 Å². The van der Waals surface area contributed by atoms with E-state index in [1.807, 2.05) is 6.07 Å². The fourth-order valence-electron chi connectivity index (χ4n) is 2.13. The molecule has 0 aliphatic heterocycles. The summed E-state index contributed by atoms with van der Waals surface area (Å²) in [6.45, 7) is 7.82. The minimum Gasteiger partial charge on any atom is -0.367 e. The Morgan fingerprint density at radius 3 is 2.75 bits per heavy atom. The molecule has 1 N–H and O–H groups in total. The van der Waals surface area contributed by atoms with Crippen LogP contribution in [0.1, 0.15) is 30.9 Å². The van der Waals surface area contributed by atoms with Crippen molar-refractivity contribution < 1.29 is 4.52 Å². The average molecular weight is 273 g/mol. The van der Waals surface area contributed by atoms with Crippen LogP contribution in [0.2, 0.25) is 0 Å². The van der Waals surface area contributed by atoms with Crippen LogP contribution in [0.5, 0.6) is 0 Å². The standard InChI is InChI=1S/C16H23N3O/c1-12(2)17-10-14-9-15(20-18-14)11-19(4)16-8-6-5-7-13(16)3/h5-9,12,17H,10-11H2,1-4H3. The number of hydrogen-bond donors (Lipinski definition) is 1. The lowest BCUT2D eigenvalue weighted by Crippen LogP contribution is -2.21. The van der Waals surface area contributed by atoms with Crippen molar-refractivity contribution >= 4 is 5.69 Å². The van der Waals surface area contributed by atoms with E-state index in [4.69, 9.17) is 4.52 Å². The number of para-hydroxylation sites is 1. The predicted molar refractivity (Wildman–Crippen MR) is 81.8 cm³/mol. The highest BCUT2D eigenvalue weighted by atomic mass is 16.5. The van der Waals surface area contributed by atoms with E-state index in [0.29, 0.717) is 6.04 Å². The third-order valence-electron chi connectivity index (χ3n) is 3.22. The maximum Gasteiger partial charge on any atom is 0.156 e. The van der Waals surface area contributed by atoms with Gasteiger partial charge < -0.3 is 14.7 Å². The van der Waals surface area contributed by atoms with Crippen LogP contribution in [0.3, 0.4) is 0 Å². The number of rotatable bonds is 6. The molecular formula is C16H23N3O. The highest BCUT2D eigenvalue weighted by Crippen LogP contribution is 2.20. The first-order valence-electron chi connectivity index (χ1n) is 7.01. The minimum absolute atomic E-state index is 0.449. The molecule has 0 aliphatic rings. The molecule has 0 saturated carbocycles. The molecule has 0 amide bonds. The molecule has 0 radical (unpaired) electrons. The van der Waals surface area contributed by atoms with Crippen molar-refractivity contribution in [1.82, 2.24) is 10.5 Å². The van der Waals surface area contributed by atoms with Gasteiger partial charge in [0.15, 0.2) is 5.76 Å². The first-order valence-corrected chi connectivity index (χ1v) is 7.01. The Labute approximate surface area is 120 Å². The Hall–Kier alpha value is -1.81. The molecule has 20 heavy (non-hydrogen) atoms. The second kappa shape index (κ2) is 6.57. The highest BCUT2D eigenvalue weighted by molar-refractivity contribution is 5.52. The van der Waals surface area contributed by atoms with Crippen molar-refractivity contribution in [2.45, 2.75) is 39.9 Å². The van der Waals surface area contributed by atoms with Crippen molar-refractivity contribution in [2.75, 3.05) is 11.9 Å². The summed E-state index contributed by atoms with van der Waals surface area (Å²) in [5.41, 5.74) is 3.42. The monoisotopic (exact) mass is 273 g/mol. The van der Waals surface area contributed by atoms with Crippen molar-refractivity contribution in [3.8, 4) is 0 Å². The summed E-state index contributed by atoms with van der Waals surface area (Å²) >= 11 is 0. The van der Waals surface area contributed by atoms with Gasteiger partial charge in [-0.15, -0.1) is 0 Å². The summed E-state index contributed by atoms with van der Waals surface area (Å²) in [4.78, 5) is 2.18. The van der Waals surface area contributed by atoms with Gasteiger partial charge in [-0.05, 0) is 18.6 Å². The largest absolute Gasteiger partial charge is 0.367 e. The van der Waals surface area contributed by atoms with Gasteiger partial charge in [-0.3, -0.25) is 0 Å². The highest BCUT2D eigenvalue weighted by Gasteiger charge is 2.09. The molecule has 2 aromatic rings. The minimum atomic E-state index is 0.449. The molecule has 0 aliphatic carbocycles. The Balaban J connectivity index is 1.98. The molecule has 0 saturated heterocycles. The Kier molecular flexibility index (Phi) is 4.79. The topological polar surface area (TPSA) is 41.3 Å².